The molecule has 0 amide bonds. The van der Waals surface area contributed by atoms with E-state index in [-0.39, 0.29) is 10.3 Å². The quantitative estimate of drug-likeness (QED) is 0.481. The van der Waals surface area contributed by atoms with E-state index in [1.807, 2.05) is 0 Å². The van der Waals surface area contributed by atoms with Crippen molar-refractivity contribution in [3.05, 3.63) is 54.7 Å². The van der Waals surface area contributed by atoms with Gasteiger partial charge in [-0.3, -0.25) is 20.2 Å². The molecule has 1 aromatic carbocycles. The number of hydrogen-bond donors (Lipinski definition) is 0. The summed E-state index contributed by atoms with van der Waals surface area (Å²) in [4.78, 5) is 19.4. The molecule has 0 aliphatic carbocycles. The lowest BCUT2D eigenvalue weighted by Crippen LogP contribution is -1.90. The molecule has 7 heteroatoms. The van der Waals surface area contributed by atoms with Crippen molar-refractivity contribution in [2.24, 2.45) is 0 Å². The number of nitro benzene ring substituents is 1. The first-order valence-corrected chi connectivity index (χ1v) is 4.56. The van der Waals surface area contributed by atoms with Crippen LogP contribution in [0.1, 0.15) is 5.56 Å². The van der Waals surface area contributed by atoms with Crippen molar-refractivity contribution in [1.82, 2.24) is 0 Å². The van der Waals surface area contributed by atoms with Crippen molar-refractivity contribution in [2.45, 2.75) is 0 Å². The lowest BCUT2D eigenvalue weighted by molar-refractivity contribution is -0.407. The molecule has 0 heterocycles. The summed E-state index contributed by atoms with van der Waals surface area (Å²) in [5, 5.41) is 20.6. The van der Waals surface area contributed by atoms with Crippen LogP contribution in [0.3, 0.4) is 0 Å². The van der Waals surface area contributed by atoms with Gasteiger partial charge in [-0.15, -0.1) is 0 Å². The molecule has 0 saturated carbocycles. The minimum atomic E-state index is -0.596. The van der Waals surface area contributed by atoms with E-state index in [0.29, 0.717) is 5.56 Å². The molecule has 78 valence electrons. The maximum Gasteiger partial charge on any atom is 0.311 e. The molecule has 0 bridgehead atoms. The van der Waals surface area contributed by atoms with Gasteiger partial charge < -0.3 is 0 Å². The van der Waals surface area contributed by atoms with E-state index < -0.39 is 9.85 Å². The summed E-state index contributed by atoms with van der Waals surface area (Å²) >= 11 is 2.75. The minimum Gasteiger partial charge on any atom is -0.258 e. The first kappa shape index (κ1) is 11.3. The van der Waals surface area contributed by atoms with Crippen molar-refractivity contribution >= 4 is 27.7 Å². The summed E-state index contributed by atoms with van der Waals surface area (Å²) in [5.41, 5.74) is 0.466. The molecule has 1 rings (SSSR count). The third-order valence-corrected chi connectivity index (χ3v) is 2.08. The van der Waals surface area contributed by atoms with Gasteiger partial charge in [0, 0.05) is 34.1 Å². The van der Waals surface area contributed by atoms with Gasteiger partial charge in [0.15, 0.2) is 0 Å². The molecule has 0 N–H and O–H groups in total. The van der Waals surface area contributed by atoms with Gasteiger partial charge in [-0.05, 0) is 17.7 Å². The Balaban J connectivity index is 2.95. The second-order valence-corrected chi connectivity index (χ2v) is 3.39. The highest BCUT2D eigenvalue weighted by molar-refractivity contribution is 9.11. The summed E-state index contributed by atoms with van der Waals surface area (Å²) < 4.78 is -0.198. The van der Waals surface area contributed by atoms with Gasteiger partial charge in [0.05, 0.1) is 9.85 Å². The van der Waals surface area contributed by atoms with E-state index in [9.17, 15) is 20.2 Å². The Morgan fingerprint density at radius 1 is 1.20 bits per heavy atom. The highest BCUT2D eigenvalue weighted by Crippen LogP contribution is 2.16. The maximum absolute atomic E-state index is 10.3. The predicted molar refractivity (Wildman–Crippen MR) is 57.0 cm³/mol. The summed E-state index contributed by atoms with van der Waals surface area (Å²) in [6.07, 6.45) is 1.27. The zero-order chi connectivity index (χ0) is 11.4. The maximum atomic E-state index is 10.3. The smallest absolute Gasteiger partial charge is 0.258 e. The van der Waals surface area contributed by atoms with E-state index in [0.717, 1.165) is 0 Å². The van der Waals surface area contributed by atoms with E-state index in [1.165, 1.54) is 30.3 Å². The molecule has 0 aromatic heterocycles. The largest absolute Gasteiger partial charge is 0.311 e. The molecule has 0 atom stereocenters. The molecule has 0 unspecified atom stereocenters. The molecule has 1 aromatic rings. The lowest BCUT2D eigenvalue weighted by atomic mass is 10.2. The number of non-ortho nitro benzene ring substituents is 1. The molecule has 6 nitrogen and oxygen atoms in total. The van der Waals surface area contributed by atoms with E-state index in [4.69, 9.17) is 0 Å². The summed E-state index contributed by atoms with van der Waals surface area (Å²) in [7, 11) is 0. The highest BCUT2D eigenvalue weighted by Gasteiger charge is 2.06. The molecule has 0 aliphatic heterocycles. The predicted octanol–water partition coefficient (Wildman–Crippen LogP) is 2.56. The highest BCUT2D eigenvalue weighted by atomic mass is 79.9. The van der Waals surface area contributed by atoms with Crippen LogP contribution in [0.2, 0.25) is 0 Å². The zero-order valence-corrected chi connectivity index (χ0v) is 8.88. The van der Waals surface area contributed by atoms with Gasteiger partial charge in [0.2, 0.25) is 0 Å². The van der Waals surface area contributed by atoms with Crippen LogP contribution in [0.5, 0.6) is 0 Å². The summed E-state index contributed by atoms with van der Waals surface area (Å²) in [6, 6.07) is 5.43. The Morgan fingerprint density at radius 2 is 1.73 bits per heavy atom. The Hall–Kier alpha value is -1.76. The van der Waals surface area contributed by atoms with Crippen molar-refractivity contribution in [3.8, 4) is 0 Å². The topological polar surface area (TPSA) is 86.3 Å². The number of hydrogen-bond acceptors (Lipinski definition) is 4. The van der Waals surface area contributed by atoms with Crippen LogP contribution in [0.25, 0.3) is 6.08 Å². The number of benzene rings is 1. The lowest BCUT2D eigenvalue weighted by Gasteiger charge is -1.93. The van der Waals surface area contributed by atoms with E-state index in [2.05, 4.69) is 15.9 Å². The molecular weight excluding hydrogens is 268 g/mol. The Labute approximate surface area is 92.6 Å². The van der Waals surface area contributed by atoms with Crippen LogP contribution >= 0.6 is 15.9 Å². The number of halogens is 1. The van der Waals surface area contributed by atoms with Gasteiger partial charge in [0.1, 0.15) is 0 Å². The monoisotopic (exact) mass is 272 g/mol. The Kier molecular flexibility index (Phi) is 3.51. The minimum absolute atomic E-state index is 0.0515. The zero-order valence-electron chi connectivity index (χ0n) is 7.29. The molecule has 0 spiro atoms. The third kappa shape index (κ3) is 3.13. The third-order valence-electron chi connectivity index (χ3n) is 1.56. The van der Waals surface area contributed by atoms with Gasteiger partial charge in [0.25, 0.3) is 5.69 Å². The van der Waals surface area contributed by atoms with Crippen LogP contribution in [-0.4, -0.2) is 9.85 Å². The second-order valence-electron chi connectivity index (χ2n) is 2.57. The van der Waals surface area contributed by atoms with Gasteiger partial charge in [-0.25, -0.2) is 0 Å². The van der Waals surface area contributed by atoms with Crippen LogP contribution in [0.4, 0.5) is 5.69 Å². The van der Waals surface area contributed by atoms with Gasteiger partial charge in [-0.2, -0.15) is 0 Å². The van der Waals surface area contributed by atoms with Crippen molar-refractivity contribution in [1.29, 1.82) is 0 Å². The first-order chi connectivity index (χ1) is 7.00. The van der Waals surface area contributed by atoms with Crippen LogP contribution in [-0.2, 0) is 0 Å². The number of nitro groups is 2. The van der Waals surface area contributed by atoms with Crippen LogP contribution < -0.4 is 0 Å². The molecule has 0 saturated heterocycles. The van der Waals surface area contributed by atoms with Crippen molar-refractivity contribution in [2.75, 3.05) is 0 Å². The summed E-state index contributed by atoms with van der Waals surface area (Å²) in [6.45, 7) is 0. The van der Waals surface area contributed by atoms with Crippen molar-refractivity contribution < 1.29 is 9.85 Å². The normalized spacial score (nSPS) is 11.1. The fourth-order valence-corrected chi connectivity index (χ4v) is 1.15. The average Bonchev–Trinajstić information content (AvgIpc) is 2.18. The summed E-state index contributed by atoms with van der Waals surface area (Å²) in [5.74, 6) is 0. The van der Waals surface area contributed by atoms with Crippen LogP contribution in [0, 0.1) is 20.2 Å². The van der Waals surface area contributed by atoms with E-state index >= 15 is 0 Å². The Bertz CT molecular complexity index is 427. The first-order valence-electron chi connectivity index (χ1n) is 3.77. The molecular formula is C8H5BrN2O4. The van der Waals surface area contributed by atoms with Crippen LogP contribution in [0.15, 0.2) is 28.9 Å². The molecule has 15 heavy (non-hydrogen) atoms. The molecule has 0 radical (unpaired) electrons. The second kappa shape index (κ2) is 4.65. The SMILES string of the molecule is O=[N+]([O-])C(Br)=Cc1ccc([N+](=O)[O-])cc1. The fraction of sp³-hybridized carbons (Fsp3) is 0. The average molecular weight is 273 g/mol. The van der Waals surface area contributed by atoms with Crippen molar-refractivity contribution in [3.63, 3.8) is 0 Å². The Morgan fingerprint density at radius 3 is 2.13 bits per heavy atom. The molecule has 0 aliphatic rings. The van der Waals surface area contributed by atoms with Gasteiger partial charge >= 0.3 is 4.61 Å². The van der Waals surface area contributed by atoms with Gasteiger partial charge in [-0.1, -0.05) is 0 Å². The fourth-order valence-electron chi connectivity index (χ4n) is 0.882. The standard InChI is InChI=1S/C8H5BrN2O4/c9-8(11(14)15)5-6-1-3-7(4-2-6)10(12)13/h1-5H. The molecule has 0 fully saturated rings. The van der Waals surface area contributed by atoms with E-state index in [1.54, 1.807) is 0 Å². The number of nitrogens with zero attached hydrogens (tertiary/aromatic N) is 2. The number of rotatable bonds is 3.